The van der Waals surface area contributed by atoms with Crippen LogP contribution < -0.4 is 5.32 Å². The summed E-state index contributed by atoms with van der Waals surface area (Å²) in [6.07, 6.45) is 1.31. The molecule has 1 saturated heterocycles. The topological polar surface area (TPSA) is 15.3 Å². The number of nitrogens with one attached hydrogen (secondary N) is 1. The van der Waals surface area contributed by atoms with Crippen LogP contribution in [0.15, 0.2) is 24.3 Å². The molecule has 1 aromatic rings. The lowest BCUT2D eigenvalue weighted by Gasteiger charge is -2.21. The van der Waals surface area contributed by atoms with Gasteiger partial charge in [0.1, 0.15) is 0 Å². The summed E-state index contributed by atoms with van der Waals surface area (Å²) in [6, 6.07) is 9.59. The van der Waals surface area contributed by atoms with Gasteiger partial charge in [0, 0.05) is 25.7 Å². The first-order valence-electron chi connectivity index (χ1n) is 5.45. The van der Waals surface area contributed by atoms with Crippen LogP contribution in [0.25, 0.3) is 0 Å². The molecule has 14 heavy (non-hydrogen) atoms. The number of nitrogens with zero attached hydrogens (tertiary/aromatic N) is 1. The van der Waals surface area contributed by atoms with Gasteiger partial charge in [-0.3, -0.25) is 4.90 Å². The fraction of sp³-hybridized carbons (Fsp3) is 0.500. The molecule has 2 nitrogen and oxygen atoms in total. The summed E-state index contributed by atoms with van der Waals surface area (Å²) in [5.74, 6) is 0. The third-order valence-corrected chi connectivity index (χ3v) is 3.42. The largest absolute Gasteiger partial charge is 0.315 e. The Labute approximate surface area is 84.9 Å². The van der Waals surface area contributed by atoms with Crippen LogP contribution in [0.4, 0.5) is 0 Å². The van der Waals surface area contributed by atoms with Gasteiger partial charge in [0.25, 0.3) is 0 Å². The number of hydrogen-bond acceptors (Lipinski definition) is 2. The van der Waals surface area contributed by atoms with E-state index in [4.69, 9.17) is 0 Å². The molecule has 74 valence electrons. The van der Waals surface area contributed by atoms with E-state index in [1.807, 2.05) is 0 Å². The first-order valence-corrected chi connectivity index (χ1v) is 5.45. The zero-order valence-electron chi connectivity index (χ0n) is 8.37. The lowest BCUT2D eigenvalue weighted by Crippen LogP contribution is -2.32. The van der Waals surface area contributed by atoms with Crippen molar-refractivity contribution < 1.29 is 0 Å². The van der Waals surface area contributed by atoms with Gasteiger partial charge in [-0.15, -0.1) is 0 Å². The Balaban J connectivity index is 1.77. The van der Waals surface area contributed by atoms with Gasteiger partial charge < -0.3 is 5.32 Å². The zero-order valence-corrected chi connectivity index (χ0v) is 8.37. The van der Waals surface area contributed by atoms with Crippen LogP contribution in [0.5, 0.6) is 0 Å². The minimum absolute atomic E-state index is 0.766. The Hall–Kier alpha value is -0.860. The number of benzene rings is 1. The van der Waals surface area contributed by atoms with Crippen molar-refractivity contribution >= 4 is 0 Å². The average molecular weight is 188 g/mol. The first-order chi connectivity index (χ1) is 6.93. The van der Waals surface area contributed by atoms with E-state index in [2.05, 4.69) is 34.5 Å². The molecule has 3 rings (SSSR count). The molecule has 0 saturated carbocycles. The Morgan fingerprint density at radius 1 is 1.14 bits per heavy atom. The van der Waals surface area contributed by atoms with Gasteiger partial charge in [0.15, 0.2) is 0 Å². The molecule has 0 unspecified atom stereocenters. The highest BCUT2D eigenvalue weighted by Crippen LogP contribution is 2.25. The summed E-state index contributed by atoms with van der Waals surface area (Å²) in [4.78, 5) is 2.60. The van der Waals surface area contributed by atoms with E-state index in [1.54, 1.807) is 0 Å². The Morgan fingerprint density at radius 2 is 1.86 bits per heavy atom. The molecule has 1 N–H and O–H groups in total. The SMILES string of the molecule is c1ccc2c(c1)CN([C@@H]1CCNC1)C2. The van der Waals surface area contributed by atoms with Crippen molar-refractivity contribution in [3.63, 3.8) is 0 Å². The second-order valence-corrected chi connectivity index (χ2v) is 4.32. The van der Waals surface area contributed by atoms with E-state index in [0.717, 1.165) is 19.1 Å². The minimum Gasteiger partial charge on any atom is -0.315 e. The second kappa shape index (κ2) is 3.37. The molecule has 0 spiro atoms. The van der Waals surface area contributed by atoms with Crippen molar-refractivity contribution in [1.29, 1.82) is 0 Å². The minimum atomic E-state index is 0.766. The van der Waals surface area contributed by atoms with Crippen LogP contribution in [-0.4, -0.2) is 24.0 Å². The molecular weight excluding hydrogens is 172 g/mol. The smallest absolute Gasteiger partial charge is 0.0244 e. The van der Waals surface area contributed by atoms with Crippen molar-refractivity contribution in [1.82, 2.24) is 10.2 Å². The molecule has 2 heterocycles. The molecule has 1 fully saturated rings. The molecule has 0 bridgehead atoms. The summed E-state index contributed by atoms with van der Waals surface area (Å²) in [5.41, 5.74) is 3.05. The molecule has 0 aliphatic carbocycles. The van der Waals surface area contributed by atoms with Gasteiger partial charge >= 0.3 is 0 Å². The predicted octanol–water partition coefficient (Wildman–Crippen LogP) is 1.36. The van der Waals surface area contributed by atoms with E-state index in [-0.39, 0.29) is 0 Å². The fourth-order valence-electron chi connectivity index (χ4n) is 2.57. The van der Waals surface area contributed by atoms with Crippen molar-refractivity contribution in [3.05, 3.63) is 35.4 Å². The standard InChI is InChI=1S/C12H16N2/c1-2-4-11-9-14(8-10(11)3-1)12-5-6-13-7-12/h1-4,12-13H,5-9H2/t12-/m1/s1. The summed E-state index contributed by atoms with van der Waals surface area (Å²) >= 11 is 0. The highest BCUT2D eigenvalue weighted by Gasteiger charge is 2.27. The van der Waals surface area contributed by atoms with Gasteiger partial charge in [-0.05, 0) is 24.1 Å². The molecule has 0 aromatic heterocycles. The molecule has 1 atom stereocenters. The van der Waals surface area contributed by atoms with Crippen LogP contribution in [-0.2, 0) is 13.1 Å². The first kappa shape index (κ1) is 8.45. The lowest BCUT2D eigenvalue weighted by atomic mass is 10.1. The van der Waals surface area contributed by atoms with Crippen LogP contribution in [0.2, 0.25) is 0 Å². The van der Waals surface area contributed by atoms with Gasteiger partial charge in [-0.2, -0.15) is 0 Å². The average Bonchev–Trinajstić information content (AvgIpc) is 2.86. The predicted molar refractivity (Wildman–Crippen MR) is 57.0 cm³/mol. The van der Waals surface area contributed by atoms with Crippen molar-refractivity contribution in [2.24, 2.45) is 0 Å². The van der Waals surface area contributed by atoms with Crippen molar-refractivity contribution in [3.8, 4) is 0 Å². The highest BCUT2D eigenvalue weighted by molar-refractivity contribution is 5.30. The second-order valence-electron chi connectivity index (χ2n) is 4.32. The Kier molecular flexibility index (Phi) is 2.03. The third-order valence-electron chi connectivity index (χ3n) is 3.42. The maximum absolute atomic E-state index is 3.43. The van der Waals surface area contributed by atoms with Crippen LogP contribution in [0.1, 0.15) is 17.5 Å². The van der Waals surface area contributed by atoms with Crippen molar-refractivity contribution in [2.75, 3.05) is 13.1 Å². The molecular formula is C12H16N2. The van der Waals surface area contributed by atoms with Crippen LogP contribution in [0.3, 0.4) is 0 Å². The lowest BCUT2D eigenvalue weighted by molar-refractivity contribution is 0.212. The normalized spacial score (nSPS) is 26.7. The van der Waals surface area contributed by atoms with E-state index in [9.17, 15) is 0 Å². The maximum Gasteiger partial charge on any atom is 0.0244 e. The highest BCUT2D eigenvalue weighted by atomic mass is 15.2. The third kappa shape index (κ3) is 1.35. The molecule has 0 radical (unpaired) electrons. The van der Waals surface area contributed by atoms with E-state index in [0.29, 0.717) is 0 Å². The van der Waals surface area contributed by atoms with Crippen molar-refractivity contribution in [2.45, 2.75) is 25.6 Å². The van der Waals surface area contributed by atoms with E-state index >= 15 is 0 Å². The summed E-state index contributed by atoms with van der Waals surface area (Å²) in [5, 5.41) is 3.43. The fourth-order valence-corrected chi connectivity index (χ4v) is 2.57. The van der Waals surface area contributed by atoms with Gasteiger partial charge in [0.05, 0.1) is 0 Å². The Bertz CT molecular complexity index is 304. The van der Waals surface area contributed by atoms with E-state index in [1.165, 1.54) is 30.6 Å². The summed E-state index contributed by atoms with van der Waals surface area (Å²) < 4.78 is 0. The molecule has 2 aliphatic heterocycles. The maximum atomic E-state index is 3.43. The summed E-state index contributed by atoms with van der Waals surface area (Å²) in [7, 11) is 0. The zero-order chi connectivity index (χ0) is 9.38. The van der Waals surface area contributed by atoms with Gasteiger partial charge in [-0.1, -0.05) is 24.3 Å². The van der Waals surface area contributed by atoms with Gasteiger partial charge in [0.2, 0.25) is 0 Å². The monoisotopic (exact) mass is 188 g/mol. The molecule has 2 heteroatoms. The molecule has 0 amide bonds. The van der Waals surface area contributed by atoms with Gasteiger partial charge in [-0.25, -0.2) is 0 Å². The quantitative estimate of drug-likeness (QED) is 0.716. The van der Waals surface area contributed by atoms with Crippen LogP contribution >= 0.6 is 0 Å². The Morgan fingerprint density at radius 3 is 2.43 bits per heavy atom. The number of hydrogen-bond donors (Lipinski definition) is 1. The molecule has 2 aliphatic rings. The molecule has 1 aromatic carbocycles. The van der Waals surface area contributed by atoms with E-state index < -0.39 is 0 Å². The number of rotatable bonds is 1. The summed E-state index contributed by atoms with van der Waals surface area (Å²) in [6.45, 7) is 4.68. The number of fused-ring (bicyclic) bond motifs is 1. The van der Waals surface area contributed by atoms with Crippen LogP contribution in [0, 0.1) is 0 Å².